The molecule has 1 spiro atoms. The molecule has 2 aromatic rings. The zero-order valence-corrected chi connectivity index (χ0v) is 17.9. The Labute approximate surface area is 181 Å². The van der Waals surface area contributed by atoms with Crippen LogP contribution in [0.2, 0.25) is 5.02 Å². The van der Waals surface area contributed by atoms with Crippen LogP contribution in [0, 0.1) is 0 Å². The van der Waals surface area contributed by atoms with Gasteiger partial charge in [0.2, 0.25) is 5.91 Å². The van der Waals surface area contributed by atoms with Gasteiger partial charge in [-0.2, -0.15) is 0 Å². The minimum absolute atomic E-state index is 0.00412. The first-order valence-corrected chi connectivity index (χ1v) is 11.5. The average molecular weight is 429 g/mol. The Morgan fingerprint density at radius 3 is 2.38 bits per heavy atom. The summed E-state index contributed by atoms with van der Waals surface area (Å²) in [7, 11) is 0. The third-order valence-electron chi connectivity index (χ3n) is 5.89. The van der Waals surface area contributed by atoms with Gasteiger partial charge in [0.25, 0.3) is 5.91 Å². The molecule has 2 aliphatic heterocycles. The number of hydrogen-bond acceptors (Lipinski definition) is 3. The van der Waals surface area contributed by atoms with Crippen molar-refractivity contribution in [3.05, 3.63) is 70.7 Å². The smallest absolute Gasteiger partial charge is 0.256 e. The van der Waals surface area contributed by atoms with Crippen LogP contribution in [0.25, 0.3) is 0 Å². The molecule has 2 amide bonds. The number of piperidine rings is 1. The number of amides is 2. The molecule has 4 nitrogen and oxygen atoms in total. The highest BCUT2D eigenvalue weighted by Crippen LogP contribution is 2.45. The number of hydrogen-bond donors (Lipinski definition) is 0. The van der Waals surface area contributed by atoms with Gasteiger partial charge < -0.3 is 9.80 Å². The molecule has 2 aromatic carbocycles. The molecule has 0 saturated carbocycles. The molecule has 0 unspecified atom stereocenters. The third kappa shape index (κ3) is 4.31. The van der Waals surface area contributed by atoms with Crippen molar-refractivity contribution in [3.63, 3.8) is 0 Å². The molecule has 0 bridgehead atoms. The zero-order chi connectivity index (χ0) is 20.3. The van der Waals surface area contributed by atoms with Gasteiger partial charge in [0.1, 0.15) is 0 Å². The Morgan fingerprint density at radius 2 is 1.66 bits per heavy atom. The maximum absolute atomic E-state index is 13.2. The lowest BCUT2D eigenvalue weighted by molar-refractivity contribution is -0.132. The Balaban J connectivity index is 1.38. The number of nitrogens with zero attached hydrogens (tertiary/aromatic N) is 2. The second-order valence-electron chi connectivity index (χ2n) is 7.60. The molecule has 0 N–H and O–H groups in total. The molecule has 6 heteroatoms. The van der Waals surface area contributed by atoms with Gasteiger partial charge in [0.05, 0.1) is 15.5 Å². The van der Waals surface area contributed by atoms with Gasteiger partial charge in [-0.25, -0.2) is 0 Å². The van der Waals surface area contributed by atoms with Crippen LogP contribution in [0.3, 0.4) is 0 Å². The van der Waals surface area contributed by atoms with E-state index in [4.69, 9.17) is 11.6 Å². The van der Waals surface area contributed by atoms with Gasteiger partial charge in [-0.15, -0.1) is 11.8 Å². The number of carbonyl (C=O) groups excluding carboxylic acids is 2. The summed E-state index contributed by atoms with van der Waals surface area (Å²) in [6, 6.07) is 17.4. The fourth-order valence-corrected chi connectivity index (χ4v) is 5.92. The van der Waals surface area contributed by atoms with Gasteiger partial charge in [-0.05, 0) is 37.0 Å². The monoisotopic (exact) mass is 428 g/mol. The van der Waals surface area contributed by atoms with E-state index in [0.29, 0.717) is 30.1 Å². The zero-order valence-electron chi connectivity index (χ0n) is 16.4. The molecular weight excluding hydrogens is 404 g/mol. The number of likely N-dealkylation sites (tertiary alicyclic amines) is 1. The molecule has 2 saturated heterocycles. The number of halogens is 1. The van der Waals surface area contributed by atoms with Gasteiger partial charge in [-0.3, -0.25) is 9.59 Å². The highest BCUT2D eigenvalue weighted by Gasteiger charge is 2.47. The normalized spacial score (nSPS) is 18.2. The van der Waals surface area contributed by atoms with Crippen molar-refractivity contribution in [1.82, 2.24) is 9.80 Å². The maximum Gasteiger partial charge on any atom is 0.256 e. The van der Waals surface area contributed by atoms with Crippen molar-refractivity contribution in [2.45, 2.75) is 30.6 Å². The lowest BCUT2D eigenvalue weighted by Gasteiger charge is -2.44. The first kappa shape index (κ1) is 20.3. The molecule has 2 heterocycles. The molecular formula is C23H25ClN2O2S. The van der Waals surface area contributed by atoms with Gasteiger partial charge >= 0.3 is 0 Å². The number of thioether (sulfide) groups is 1. The topological polar surface area (TPSA) is 40.6 Å². The summed E-state index contributed by atoms with van der Waals surface area (Å²) in [4.78, 5) is 29.6. The summed E-state index contributed by atoms with van der Waals surface area (Å²) >= 11 is 8.12. The Morgan fingerprint density at radius 1 is 0.966 bits per heavy atom. The second-order valence-corrected chi connectivity index (χ2v) is 9.46. The van der Waals surface area contributed by atoms with Crippen molar-refractivity contribution in [2.24, 2.45) is 0 Å². The van der Waals surface area contributed by atoms with Gasteiger partial charge in [0, 0.05) is 31.8 Å². The van der Waals surface area contributed by atoms with E-state index in [1.54, 1.807) is 12.1 Å². The largest absolute Gasteiger partial charge is 0.342 e. The van der Waals surface area contributed by atoms with Crippen molar-refractivity contribution in [1.29, 1.82) is 0 Å². The van der Waals surface area contributed by atoms with Crippen molar-refractivity contribution >= 4 is 35.2 Å². The number of aryl methyl sites for hydroxylation is 1. The number of benzene rings is 2. The van der Waals surface area contributed by atoms with Crippen LogP contribution >= 0.6 is 23.4 Å². The van der Waals surface area contributed by atoms with Crippen LogP contribution in [0.5, 0.6) is 0 Å². The van der Waals surface area contributed by atoms with E-state index in [9.17, 15) is 9.59 Å². The molecule has 4 rings (SSSR count). The predicted molar refractivity (Wildman–Crippen MR) is 118 cm³/mol. The lowest BCUT2D eigenvalue weighted by atomic mass is 10.00. The minimum Gasteiger partial charge on any atom is -0.342 e. The first-order chi connectivity index (χ1) is 14.1. The molecule has 2 aliphatic rings. The molecule has 2 fully saturated rings. The van der Waals surface area contributed by atoms with Crippen LogP contribution in [-0.4, -0.2) is 51.9 Å². The van der Waals surface area contributed by atoms with E-state index in [0.717, 1.165) is 31.6 Å². The molecule has 0 aromatic heterocycles. The van der Waals surface area contributed by atoms with Gasteiger partial charge in [0.15, 0.2) is 0 Å². The van der Waals surface area contributed by atoms with E-state index in [-0.39, 0.29) is 16.7 Å². The minimum atomic E-state index is -0.216. The Hall–Kier alpha value is -1.98. The molecule has 0 radical (unpaired) electrons. The quantitative estimate of drug-likeness (QED) is 0.720. The predicted octanol–water partition coefficient (Wildman–Crippen LogP) is 4.48. The average Bonchev–Trinajstić information content (AvgIpc) is 3.16. The summed E-state index contributed by atoms with van der Waals surface area (Å²) in [5.74, 6) is 1.14. The summed E-state index contributed by atoms with van der Waals surface area (Å²) < 4.78 is 0. The van der Waals surface area contributed by atoms with Crippen LogP contribution in [0.1, 0.15) is 35.2 Å². The molecule has 0 atom stereocenters. The number of carbonyl (C=O) groups is 2. The van der Waals surface area contributed by atoms with Gasteiger partial charge in [-0.1, -0.05) is 54.1 Å². The van der Waals surface area contributed by atoms with Crippen LogP contribution in [0.15, 0.2) is 54.6 Å². The maximum atomic E-state index is 13.2. The summed E-state index contributed by atoms with van der Waals surface area (Å²) in [6.07, 6.45) is 2.93. The van der Waals surface area contributed by atoms with E-state index >= 15 is 0 Å². The molecule has 29 heavy (non-hydrogen) atoms. The highest BCUT2D eigenvalue weighted by atomic mass is 35.5. The van der Waals surface area contributed by atoms with Crippen molar-refractivity contribution in [2.75, 3.05) is 25.4 Å². The Kier molecular flexibility index (Phi) is 6.16. The summed E-state index contributed by atoms with van der Waals surface area (Å²) in [5.41, 5.74) is 1.76. The van der Waals surface area contributed by atoms with Crippen LogP contribution in [-0.2, 0) is 11.2 Å². The SMILES string of the molecule is O=C(CCc1ccccc1)N1CCC2(CC1)SCCN2C(=O)c1ccccc1Cl. The fourth-order valence-electron chi connectivity index (χ4n) is 4.25. The second kappa shape index (κ2) is 8.80. The van der Waals surface area contributed by atoms with E-state index in [1.807, 2.05) is 51.9 Å². The Bertz CT molecular complexity index is 881. The van der Waals surface area contributed by atoms with Crippen molar-refractivity contribution < 1.29 is 9.59 Å². The lowest BCUT2D eigenvalue weighted by Crippen LogP contribution is -2.53. The summed E-state index contributed by atoms with van der Waals surface area (Å²) in [5, 5.41) is 0.498. The van der Waals surface area contributed by atoms with Crippen molar-refractivity contribution in [3.8, 4) is 0 Å². The van der Waals surface area contributed by atoms with Crippen LogP contribution < -0.4 is 0 Å². The molecule has 152 valence electrons. The van der Waals surface area contributed by atoms with E-state index < -0.39 is 0 Å². The van der Waals surface area contributed by atoms with E-state index in [1.165, 1.54) is 5.56 Å². The number of rotatable bonds is 4. The summed E-state index contributed by atoms with van der Waals surface area (Å²) in [6.45, 7) is 2.14. The fraction of sp³-hybridized carbons (Fsp3) is 0.391. The highest BCUT2D eigenvalue weighted by molar-refractivity contribution is 8.00. The third-order valence-corrected chi connectivity index (χ3v) is 7.78. The molecule has 0 aliphatic carbocycles. The van der Waals surface area contributed by atoms with Crippen LogP contribution in [0.4, 0.5) is 0 Å². The standard InChI is InChI=1S/C23H25ClN2O2S/c24-20-9-5-4-8-19(20)22(28)26-16-17-29-23(26)12-14-25(15-13-23)21(27)11-10-18-6-2-1-3-7-18/h1-9H,10-17H2. The van der Waals surface area contributed by atoms with E-state index in [2.05, 4.69) is 12.1 Å². The first-order valence-electron chi connectivity index (χ1n) is 10.1.